The van der Waals surface area contributed by atoms with Crippen molar-refractivity contribution in [2.24, 2.45) is 11.1 Å². The molecule has 2 aromatic rings. The Balaban J connectivity index is 1.34. The van der Waals surface area contributed by atoms with Gasteiger partial charge in [-0.2, -0.15) is 0 Å². The quantitative estimate of drug-likeness (QED) is 0.794. The topological polar surface area (TPSA) is 83.8 Å². The number of primary amides is 1. The molecule has 1 amide bonds. The van der Waals surface area contributed by atoms with Gasteiger partial charge in [0.05, 0.1) is 7.11 Å². The Morgan fingerprint density at radius 1 is 1.18 bits per heavy atom. The molecule has 0 atom stereocenters. The van der Waals surface area contributed by atoms with E-state index in [4.69, 9.17) is 15.2 Å². The molecule has 2 fully saturated rings. The standard InChI is InChI=1S/C21H30N4O3/c1-24-6-3-21(14-24)4-7-25(8-5-21)9-10-28-19-12-15-11-17(20(22)26)23-16(15)13-18(19)27-2/h11-13,23H,3-10,14H2,1-2H3,(H2,22,26). The van der Waals surface area contributed by atoms with Crippen molar-refractivity contribution in [3.8, 4) is 11.5 Å². The van der Waals surface area contributed by atoms with Gasteiger partial charge in [-0.05, 0) is 63.5 Å². The molecule has 0 unspecified atom stereocenters. The second-order valence-electron chi connectivity index (χ2n) is 8.32. The van der Waals surface area contributed by atoms with Crippen molar-refractivity contribution in [1.29, 1.82) is 0 Å². The van der Waals surface area contributed by atoms with E-state index >= 15 is 0 Å². The molecular formula is C21H30N4O3. The third kappa shape index (κ3) is 3.82. The summed E-state index contributed by atoms with van der Waals surface area (Å²) in [5.74, 6) is 0.863. The Morgan fingerprint density at radius 2 is 1.93 bits per heavy atom. The fourth-order valence-electron chi connectivity index (χ4n) is 4.65. The molecule has 3 N–H and O–H groups in total. The molecule has 0 saturated carbocycles. The van der Waals surface area contributed by atoms with E-state index in [1.165, 1.54) is 32.4 Å². The van der Waals surface area contributed by atoms with Gasteiger partial charge in [-0.3, -0.25) is 9.69 Å². The van der Waals surface area contributed by atoms with Crippen molar-refractivity contribution in [2.45, 2.75) is 19.3 Å². The number of likely N-dealkylation sites (tertiary alicyclic amines) is 2. The fraction of sp³-hybridized carbons (Fsp3) is 0.571. The van der Waals surface area contributed by atoms with Crippen molar-refractivity contribution in [1.82, 2.24) is 14.8 Å². The maximum Gasteiger partial charge on any atom is 0.265 e. The maximum atomic E-state index is 11.4. The zero-order valence-electron chi connectivity index (χ0n) is 16.8. The average Bonchev–Trinajstić information content (AvgIpc) is 3.26. The van der Waals surface area contributed by atoms with E-state index in [0.29, 0.717) is 29.2 Å². The van der Waals surface area contributed by atoms with Crippen LogP contribution in [0.3, 0.4) is 0 Å². The lowest BCUT2D eigenvalue weighted by Gasteiger charge is -2.39. The lowest BCUT2D eigenvalue weighted by molar-refractivity contribution is 0.0976. The normalized spacial score (nSPS) is 20.1. The van der Waals surface area contributed by atoms with Gasteiger partial charge in [-0.25, -0.2) is 0 Å². The largest absolute Gasteiger partial charge is 0.493 e. The molecule has 4 rings (SSSR count). The lowest BCUT2D eigenvalue weighted by atomic mass is 9.78. The first-order valence-corrected chi connectivity index (χ1v) is 10.0. The zero-order chi connectivity index (χ0) is 19.7. The Bertz CT molecular complexity index is 855. The molecule has 1 aromatic carbocycles. The first-order chi connectivity index (χ1) is 13.5. The number of amides is 1. The predicted octanol–water partition coefficient (Wildman–Crippen LogP) is 2.07. The molecule has 7 heteroatoms. The molecule has 7 nitrogen and oxygen atoms in total. The molecular weight excluding hydrogens is 356 g/mol. The van der Waals surface area contributed by atoms with Crippen LogP contribution in [-0.4, -0.2) is 74.2 Å². The predicted molar refractivity (Wildman–Crippen MR) is 109 cm³/mol. The van der Waals surface area contributed by atoms with Crippen molar-refractivity contribution in [3.05, 3.63) is 23.9 Å². The summed E-state index contributed by atoms with van der Waals surface area (Å²) in [5.41, 5.74) is 7.10. The second-order valence-corrected chi connectivity index (χ2v) is 8.32. The molecule has 1 spiro atoms. The number of rotatable bonds is 6. The average molecular weight is 386 g/mol. The number of hydrogen-bond donors (Lipinski definition) is 2. The number of carbonyl (C=O) groups is 1. The van der Waals surface area contributed by atoms with Crippen LogP contribution in [0, 0.1) is 5.41 Å². The van der Waals surface area contributed by atoms with E-state index in [0.717, 1.165) is 30.5 Å². The molecule has 0 bridgehead atoms. The highest BCUT2D eigenvalue weighted by atomic mass is 16.5. The monoisotopic (exact) mass is 386 g/mol. The summed E-state index contributed by atoms with van der Waals surface area (Å²) in [4.78, 5) is 19.4. The van der Waals surface area contributed by atoms with Crippen LogP contribution in [-0.2, 0) is 0 Å². The minimum Gasteiger partial charge on any atom is -0.493 e. The summed E-state index contributed by atoms with van der Waals surface area (Å²) in [5, 5.41) is 0.884. The number of fused-ring (bicyclic) bond motifs is 1. The molecule has 3 heterocycles. The van der Waals surface area contributed by atoms with E-state index in [1.807, 2.05) is 12.1 Å². The Kier molecular flexibility index (Phi) is 5.21. The van der Waals surface area contributed by atoms with Crippen LogP contribution in [0.25, 0.3) is 10.9 Å². The van der Waals surface area contributed by atoms with Gasteiger partial charge in [0.1, 0.15) is 12.3 Å². The number of H-pyrrole nitrogens is 1. The van der Waals surface area contributed by atoms with Gasteiger partial charge in [0.15, 0.2) is 11.5 Å². The molecule has 28 heavy (non-hydrogen) atoms. The summed E-state index contributed by atoms with van der Waals surface area (Å²) in [6.45, 7) is 6.30. The molecule has 0 aliphatic carbocycles. The summed E-state index contributed by atoms with van der Waals surface area (Å²) >= 11 is 0. The van der Waals surface area contributed by atoms with Crippen LogP contribution < -0.4 is 15.2 Å². The van der Waals surface area contributed by atoms with E-state index in [1.54, 1.807) is 13.2 Å². The number of benzene rings is 1. The first kappa shape index (κ1) is 19.1. The van der Waals surface area contributed by atoms with Crippen LogP contribution in [0.1, 0.15) is 29.8 Å². The van der Waals surface area contributed by atoms with Crippen LogP contribution >= 0.6 is 0 Å². The van der Waals surface area contributed by atoms with Crippen molar-refractivity contribution >= 4 is 16.8 Å². The minimum absolute atomic E-state index is 0.383. The lowest BCUT2D eigenvalue weighted by Crippen LogP contribution is -2.42. The van der Waals surface area contributed by atoms with Crippen molar-refractivity contribution < 1.29 is 14.3 Å². The molecule has 2 saturated heterocycles. The highest BCUT2D eigenvalue weighted by Crippen LogP contribution is 2.39. The van der Waals surface area contributed by atoms with Crippen molar-refractivity contribution in [2.75, 3.05) is 53.5 Å². The number of piperidine rings is 1. The SMILES string of the molecule is COc1cc2[nH]c(C(N)=O)cc2cc1OCCN1CCC2(CCN(C)C2)CC1. The number of hydrogen-bond acceptors (Lipinski definition) is 5. The number of carbonyl (C=O) groups excluding carboxylic acids is 1. The number of ether oxygens (including phenoxy) is 2. The van der Waals surface area contributed by atoms with Crippen LogP contribution in [0.2, 0.25) is 0 Å². The van der Waals surface area contributed by atoms with Gasteiger partial charge in [0.25, 0.3) is 5.91 Å². The number of aromatic nitrogens is 1. The van der Waals surface area contributed by atoms with Gasteiger partial charge >= 0.3 is 0 Å². The minimum atomic E-state index is -0.478. The third-order valence-corrected chi connectivity index (χ3v) is 6.38. The fourth-order valence-corrected chi connectivity index (χ4v) is 4.65. The Labute approximate surface area is 165 Å². The zero-order valence-corrected chi connectivity index (χ0v) is 16.8. The Morgan fingerprint density at radius 3 is 2.57 bits per heavy atom. The van der Waals surface area contributed by atoms with E-state index in [2.05, 4.69) is 21.8 Å². The van der Waals surface area contributed by atoms with Crippen LogP contribution in [0.15, 0.2) is 18.2 Å². The highest BCUT2D eigenvalue weighted by Gasteiger charge is 2.39. The second kappa shape index (κ2) is 7.64. The van der Waals surface area contributed by atoms with Crippen molar-refractivity contribution in [3.63, 3.8) is 0 Å². The summed E-state index contributed by atoms with van der Waals surface area (Å²) in [6, 6.07) is 5.49. The van der Waals surface area contributed by atoms with E-state index < -0.39 is 5.91 Å². The van der Waals surface area contributed by atoms with E-state index in [-0.39, 0.29) is 0 Å². The maximum absolute atomic E-state index is 11.4. The van der Waals surface area contributed by atoms with E-state index in [9.17, 15) is 4.79 Å². The number of nitrogens with two attached hydrogens (primary N) is 1. The smallest absolute Gasteiger partial charge is 0.265 e. The first-order valence-electron chi connectivity index (χ1n) is 10.0. The van der Waals surface area contributed by atoms with Gasteiger partial charge < -0.3 is 25.1 Å². The summed E-state index contributed by atoms with van der Waals surface area (Å²) in [6.07, 6.45) is 3.91. The Hall–Kier alpha value is -2.25. The molecule has 2 aliphatic rings. The molecule has 2 aliphatic heterocycles. The number of methoxy groups -OCH3 is 1. The highest BCUT2D eigenvalue weighted by molar-refractivity contribution is 5.97. The van der Waals surface area contributed by atoms with Crippen LogP contribution in [0.5, 0.6) is 11.5 Å². The van der Waals surface area contributed by atoms with Gasteiger partial charge in [0.2, 0.25) is 0 Å². The third-order valence-electron chi connectivity index (χ3n) is 6.38. The number of aromatic amines is 1. The van der Waals surface area contributed by atoms with Gasteiger partial charge in [-0.1, -0.05) is 0 Å². The number of nitrogens with zero attached hydrogens (tertiary/aromatic N) is 2. The van der Waals surface area contributed by atoms with Gasteiger partial charge in [0, 0.05) is 30.1 Å². The molecule has 152 valence electrons. The van der Waals surface area contributed by atoms with Crippen LogP contribution in [0.4, 0.5) is 0 Å². The summed E-state index contributed by atoms with van der Waals surface area (Å²) in [7, 11) is 3.85. The molecule has 0 radical (unpaired) electrons. The molecule has 1 aromatic heterocycles. The summed E-state index contributed by atoms with van der Waals surface area (Å²) < 4.78 is 11.5. The number of nitrogens with one attached hydrogen (secondary N) is 1. The van der Waals surface area contributed by atoms with Gasteiger partial charge in [-0.15, -0.1) is 0 Å².